The van der Waals surface area contributed by atoms with Crippen LogP contribution in [0.2, 0.25) is 0 Å². The number of rotatable bonds is 9. The van der Waals surface area contributed by atoms with Gasteiger partial charge in [0.05, 0.1) is 32.0 Å². The number of benzene rings is 2. The molecule has 19 nitrogen and oxygen atoms in total. The summed E-state index contributed by atoms with van der Waals surface area (Å²) in [6.07, 6.45) is -26.3. The Balaban J connectivity index is 1.45. The highest BCUT2D eigenvalue weighted by molar-refractivity contribution is 5.89. The molecular weight excluding hydrogens is 712 g/mol. The molecule has 53 heavy (non-hydrogen) atoms. The molecule has 0 amide bonds. The van der Waals surface area contributed by atoms with E-state index >= 15 is 0 Å². The van der Waals surface area contributed by atoms with Gasteiger partial charge in [0.25, 0.3) is 0 Å². The van der Waals surface area contributed by atoms with Gasteiger partial charge in [-0.25, -0.2) is 0 Å². The van der Waals surface area contributed by atoms with Crippen LogP contribution in [0.1, 0.15) is 18.6 Å². The predicted octanol–water partition coefficient (Wildman–Crippen LogP) is -2.93. The Morgan fingerprint density at radius 3 is 1.91 bits per heavy atom. The lowest BCUT2D eigenvalue weighted by Crippen LogP contribution is -2.65. The van der Waals surface area contributed by atoms with Crippen LogP contribution in [0, 0.1) is 0 Å². The first kappa shape index (κ1) is 39.2. The molecule has 19 heteroatoms. The molecule has 1 aromatic heterocycles. The number of hydrogen-bond acceptors (Lipinski definition) is 19. The zero-order chi connectivity index (χ0) is 38.5. The second-order valence-electron chi connectivity index (χ2n) is 13.1. The Kier molecular flexibility index (Phi) is 11.6. The molecule has 0 bridgehead atoms. The molecule has 3 aliphatic heterocycles. The molecule has 3 fully saturated rings. The van der Waals surface area contributed by atoms with Gasteiger partial charge in [0.2, 0.25) is 0 Å². The van der Waals surface area contributed by atoms with Crippen LogP contribution < -0.4 is 10.2 Å². The van der Waals surface area contributed by atoms with Crippen LogP contribution >= 0.6 is 0 Å². The van der Waals surface area contributed by atoms with Gasteiger partial charge in [-0.1, -0.05) is 0 Å². The van der Waals surface area contributed by atoms with E-state index in [0.717, 1.165) is 12.1 Å². The summed E-state index contributed by atoms with van der Waals surface area (Å²) >= 11 is 0. The Morgan fingerprint density at radius 2 is 1.28 bits per heavy atom. The van der Waals surface area contributed by atoms with E-state index in [9.17, 15) is 61.0 Å². The van der Waals surface area contributed by atoms with Crippen molar-refractivity contribution in [3.8, 4) is 28.6 Å². The average molecular weight is 755 g/mol. The Labute approximate surface area is 299 Å². The fraction of sp³-hybridized carbons (Fsp3) is 0.559. The third kappa shape index (κ3) is 7.22. The van der Waals surface area contributed by atoms with Gasteiger partial charge in [0, 0.05) is 17.7 Å². The van der Waals surface area contributed by atoms with E-state index in [1.54, 1.807) is 24.3 Å². The number of phenolic OH excluding ortho intramolecular Hbond substituents is 2. The number of fused-ring (bicyclic) bond motifs is 1. The fourth-order valence-electron chi connectivity index (χ4n) is 6.72. The summed E-state index contributed by atoms with van der Waals surface area (Å²) in [7, 11) is 1.46. The molecule has 4 heterocycles. The molecule has 11 N–H and O–H groups in total. The van der Waals surface area contributed by atoms with Gasteiger partial charge in [-0.15, -0.1) is 0 Å². The summed E-state index contributed by atoms with van der Waals surface area (Å²) in [5.74, 6) is -0.982. The van der Waals surface area contributed by atoms with Gasteiger partial charge in [-0.2, -0.15) is 0 Å². The van der Waals surface area contributed by atoms with E-state index in [4.69, 9.17) is 32.8 Å². The monoisotopic (exact) mass is 754 g/mol. The van der Waals surface area contributed by atoms with E-state index in [-0.39, 0.29) is 5.76 Å². The molecule has 3 aromatic rings. The zero-order valence-corrected chi connectivity index (χ0v) is 28.2. The largest absolute Gasteiger partial charge is 0.507 e. The van der Waals surface area contributed by atoms with Crippen molar-refractivity contribution in [1.29, 1.82) is 0 Å². The lowest BCUT2D eigenvalue weighted by Gasteiger charge is -2.48. The molecular formula is C34H42O19. The Morgan fingerprint density at radius 1 is 0.679 bits per heavy atom. The summed E-state index contributed by atoms with van der Waals surface area (Å²) in [5.41, 5.74) is -1.23. The number of ether oxygens (including phenoxy) is 6. The molecule has 15 unspecified atom stereocenters. The van der Waals surface area contributed by atoms with E-state index in [1.807, 2.05) is 0 Å². The smallest absolute Gasteiger partial charge is 0.197 e. The molecule has 0 aliphatic carbocycles. The second-order valence-corrected chi connectivity index (χ2v) is 13.1. The fourth-order valence-corrected chi connectivity index (χ4v) is 6.72. The quantitative estimate of drug-likeness (QED) is 0.104. The highest BCUT2D eigenvalue weighted by Crippen LogP contribution is 2.45. The third-order valence-corrected chi connectivity index (χ3v) is 9.74. The normalized spacial score (nSPS) is 37.8. The molecule has 0 saturated carbocycles. The van der Waals surface area contributed by atoms with E-state index in [2.05, 4.69) is 0 Å². The van der Waals surface area contributed by atoms with Crippen LogP contribution in [0.25, 0.3) is 22.3 Å². The first-order valence-electron chi connectivity index (χ1n) is 16.6. The minimum atomic E-state index is -2.01. The maximum Gasteiger partial charge on any atom is 0.197 e. The van der Waals surface area contributed by atoms with Crippen molar-refractivity contribution in [2.45, 2.75) is 98.9 Å². The highest BCUT2D eigenvalue weighted by atomic mass is 16.8. The number of aliphatic hydroxyl groups is 9. The molecule has 0 spiro atoms. The summed E-state index contributed by atoms with van der Waals surface area (Å²) in [4.78, 5) is 13.5. The average Bonchev–Trinajstić information content (AvgIpc) is 3.14. The van der Waals surface area contributed by atoms with E-state index in [1.165, 1.54) is 14.0 Å². The van der Waals surface area contributed by atoms with Crippen LogP contribution in [-0.2, 0) is 23.7 Å². The lowest BCUT2D eigenvalue weighted by atomic mass is 9.89. The van der Waals surface area contributed by atoms with Gasteiger partial charge in [-0.05, 0) is 31.2 Å². The van der Waals surface area contributed by atoms with Crippen LogP contribution in [0.5, 0.6) is 17.2 Å². The first-order chi connectivity index (χ1) is 25.2. The number of aromatic hydroxyl groups is 2. The number of phenols is 2. The van der Waals surface area contributed by atoms with Crippen molar-refractivity contribution >= 4 is 11.0 Å². The van der Waals surface area contributed by atoms with Gasteiger partial charge < -0.3 is 89.0 Å². The summed E-state index contributed by atoms with van der Waals surface area (Å²) in [6.45, 7) is -0.382. The summed E-state index contributed by atoms with van der Waals surface area (Å²) in [5, 5.41) is 117. The van der Waals surface area contributed by atoms with E-state index in [0.29, 0.717) is 11.3 Å². The number of aliphatic hydroxyl groups excluding tert-OH is 9. The molecule has 3 aliphatic rings. The van der Waals surface area contributed by atoms with Crippen LogP contribution in [-0.4, -0.2) is 162 Å². The topological polar surface area (TPSA) is 308 Å². The van der Waals surface area contributed by atoms with E-state index < -0.39 is 139 Å². The number of hydrogen-bond donors (Lipinski definition) is 11. The maximum absolute atomic E-state index is 13.5. The first-order valence-corrected chi connectivity index (χ1v) is 16.6. The SMILES string of the molecule is COc1ccc(-c2cc(=O)c3c(O)cc(O)c(C4OC(CO)C(O)C(O)C4OC4OC(CO)C(O)C(O)C4OC4OC(C)C(O)C(O)C4O)c3o2)cc1. The van der Waals surface area contributed by atoms with Crippen LogP contribution in [0.15, 0.2) is 45.6 Å². The summed E-state index contributed by atoms with van der Waals surface area (Å²) in [6, 6.07) is 8.22. The number of methoxy groups -OCH3 is 1. The standard InChI is InChI=1S/C34H42O19/c1-11-22(40)25(43)28(46)33(48-11)53-32-27(45)24(42)19(10-36)51-34(32)52-31-26(44)23(41)18(9-35)50-30(31)21-15(38)7-14(37)20-16(39)8-17(49-29(20)21)12-3-5-13(47-2)6-4-12/h3-8,11,18-19,22-28,30-38,40-46H,9-10H2,1-2H3. The van der Waals surface area contributed by atoms with Crippen molar-refractivity contribution in [2.75, 3.05) is 20.3 Å². The van der Waals surface area contributed by atoms with Crippen molar-refractivity contribution in [3.63, 3.8) is 0 Å². The van der Waals surface area contributed by atoms with Crippen LogP contribution in [0.3, 0.4) is 0 Å². The van der Waals surface area contributed by atoms with Gasteiger partial charge >= 0.3 is 0 Å². The third-order valence-electron chi connectivity index (χ3n) is 9.74. The molecule has 3 saturated heterocycles. The lowest BCUT2D eigenvalue weighted by molar-refractivity contribution is -0.381. The van der Waals surface area contributed by atoms with Crippen molar-refractivity contribution in [2.24, 2.45) is 0 Å². The molecule has 2 aromatic carbocycles. The highest BCUT2D eigenvalue weighted by Gasteiger charge is 2.54. The Hall–Kier alpha value is -3.51. The summed E-state index contributed by atoms with van der Waals surface area (Å²) < 4.78 is 40.3. The molecule has 15 atom stereocenters. The zero-order valence-electron chi connectivity index (χ0n) is 28.2. The molecule has 0 radical (unpaired) electrons. The van der Waals surface area contributed by atoms with Gasteiger partial charge in [-0.3, -0.25) is 4.79 Å². The molecule has 292 valence electrons. The second kappa shape index (κ2) is 15.7. The maximum atomic E-state index is 13.5. The van der Waals surface area contributed by atoms with Gasteiger partial charge in [0.15, 0.2) is 23.6 Å². The van der Waals surface area contributed by atoms with Crippen molar-refractivity contribution in [1.82, 2.24) is 0 Å². The Bertz CT molecular complexity index is 1780. The predicted molar refractivity (Wildman–Crippen MR) is 174 cm³/mol. The van der Waals surface area contributed by atoms with Crippen molar-refractivity contribution < 1.29 is 89.0 Å². The molecule has 6 rings (SSSR count). The van der Waals surface area contributed by atoms with Crippen LogP contribution in [0.4, 0.5) is 0 Å². The minimum absolute atomic E-state index is 0.0384. The van der Waals surface area contributed by atoms with Crippen molar-refractivity contribution in [3.05, 3.63) is 52.2 Å². The van der Waals surface area contributed by atoms with Gasteiger partial charge in [0.1, 0.15) is 102 Å². The minimum Gasteiger partial charge on any atom is -0.507 e.